The molecule has 2 rings (SSSR count). The predicted octanol–water partition coefficient (Wildman–Crippen LogP) is -0.765. The number of ether oxygens (including phenoxy) is 3. The zero-order valence-electron chi connectivity index (χ0n) is 11.5. The van der Waals surface area contributed by atoms with E-state index in [2.05, 4.69) is 10.6 Å². The van der Waals surface area contributed by atoms with Gasteiger partial charge in [-0.3, -0.25) is 4.79 Å². The molecule has 0 aromatic rings. The van der Waals surface area contributed by atoms with E-state index >= 15 is 0 Å². The summed E-state index contributed by atoms with van der Waals surface area (Å²) in [6.45, 7) is 2.52. The van der Waals surface area contributed by atoms with Crippen molar-refractivity contribution in [3.63, 3.8) is 0 Å². The van der Waals surface area contributed by atoms with Crippen molar-refractivity contribution in [1.29, 1.82) is 0 Å². The van der Waals surface area contributed by atoms with Crippen molar-refractivity contribution < 1.29 is 23.8 Å². The number of morpholine rings is 1. The van der Waals surface area contributed by atoms with Gasteiger partial charge in [0.25, 0.3) is 0 Å². The van der Waals surface area contributed by atoms with E-state index in [1.807, 2.05) is 0 Å². The van der Waals surface area contributed by atoms with E-state index in [1.54, 1.807) is 0 Å². The van der Waals surface area contributed by atoms with Crippen LogP contribution < -0.4 is 10.6 Å². The Balaban J connectivity index is 0.00000200. The second-order valence-corrected chi connectivity index (χ2v) is 4.85. The standard InChI is InChI=1S/C12H20N2O5.ClH/c1-17-11(16)12(2-4-19-8-12)14-10(15)6-9-7-18-5-3-13-9;/h9,13H,2-8H2,1H3,(H,14,15);1H. The van der Waals surface area contributed by atoms with Crippen LogP contribution in [0.4, 0.5) is 0 Å². The Morgan fingerprint density at radius 2 is 2.20 bits per heavy atom. The third kappa shape index (κ3) is 4.05. The minimum atomic E-state index is -1.03. The number of amides is 1. The molecule has 2 saturated heterocycles. The lowest BCUT2D eigenvalue weighted by Gasteiger charge is -2.28. The molecule has 2 aliphatic rings. The number of carbonyl (C=O) groups excluding carboxylic acids is 2. The Hall–Kier alpha value is -0.890. The summed E-state index contributed by atoms with van der Waals surface area (Å²) in [7, 11) is 1.31. The number of hydrogen-bond acceptors (Lipinski definition) is 6. The first-order valence-electron chi connectivity index (χ1n) is 6.44. The minimum Gasteiger partial charge on any atom is -0.467 e. The van der Waals surface area contributed by atoms with E-state index in [0.717, 1.165) is 6.54 Å². The monoisotopic (exact) mass is 308 g/mol. The maximum absolute atomic E-state index is 12.0. The topological polar surface area (TPSA) is 85.9 Å². The lowest BCUT2D eigenvalue weighted by atomic mass is 9.98. The molecule has 2 N–H and O–H groups in total. The first kappa shape index (κ1) is 17.2. The molecule has 0 aromatic heterocycles. The fraction of sp³-hybridized carbons (Fsp3) is 0.833. The average Bonchev–Trinajstić information content (AvgIpc) is 2.88. The van der Waals surface area contributed by atoms with Crippen molar-refractivity contribution in [3.05, 3.63) is 0 Å². The fourth-order valence-corrected chi connectivity index (χ4v) is 2.36. The molecule has 1 amide bonds. The van der Waals surface area contributed by atoms with Crippen molar-refractivity contribution in [2.24, 2.45) is 0 Å². The first-order valence-corrected chi connectivity index (χ1v) is 6.44. The van der Waals surface area contributed by atoms with Crippen LogP contribution in [0.3, 0.4) is 0 Å². The van der Waals surface area contributed by atoms with Gasteiger partial charge in [0.05, 0.1) is 26.9 Å². The van der Waals surface area contributed by atoms with Gasteiger partial charge in [-0.25, -0.2) is 4.79 Å². The lowest BCUT2D eigenvalue weighted by molar-refractivity contribution is -0.151. The molecule has 20 heavy (non-hydrogen) atoms. The highest BCUT2D eigenvalue weighted by Crippen LogP contribution is 2.20. The number of carbonyl (C=O) groups is 2. The van der Waals surface area contributed by atoms with E-state index in [4.69, 9.17) is 14.2 Å². The highest BCUT2D eigenvalue weighted by molar-refractivity contribution is 5.88. The van der Waals surface area contributed by atoms with Crippen molar-refractivity contribution in [2.45, 2.75) is 24.4 Å². The van der Waals surface area contributed by atoms with Gasteiger partial charge in [0, 0.05) is 32.0 Å². The predicted molar refractivity (Wildman–Crippen MR) is 72.8 cm³/mol. The molecule has 0 radical (unpaired) electrons. The molecule has 2 atom stereocenters. The van der Waals surface area contributed by atoms with Gasteiger partial charge in [-0.1, -0.05) is 0 Å². The molecule has 0 saturated carbocycles. The zero-order chi connectivity index (χ0) is 13.7. The average molecular weight is 309 g/mol. The Kier molecular flexibility index (Phi) is 6.67. The molecule has 2 fully saturated rings. The molecule has 0 aliphatic carbocycles. The maximum Gasteiger partial charge on any atom is 0.334 e. The Morgan fingerprint density at radius 3 is 2.75 bits per heavy atom. The van der Waals surface area contributed by atoms with E-state index in [9.17, 15) is 9.59 Å². The molecule has 7 nitrogen and oxygen atoms in total. The molecular weight excluding hydrogens is 288 g/mol. The highest BCUT2D eigenvalue weighted by Gasteiger charge is 2.45. The zero-order valence-corrected chi connectivity index (χ0v) is 12.3. The minimum absolute atomic E-state index is 0. The largest absolute Gasteiger partial charge is 0.467 e. The maximum atomic E-state index is 12.0. The number of rotatable bonds is 4. The Morgan fingerprint density at radius 1 is 1.40 bits per heavy atom. The SMILES string of the molecule is COC(=O)C1(NC(=O)CC2COCCN2)CCOC1.Cl. The summed E-state index contributed by atoms with van der Waals surface area (Å²) in [5, 5.41) is 5.95. The van der Waals surface area contributed by atoms with Gasteiger partial charge in [-0.15, -0.1) is 12.4 Å². The van der Waals surface area contributed by atoms with Crippen LogP contribution in [-0.4, -0.2) is 63.5 Å². The summed E-state index contributed by atoms with van der Waals surface area (Å²) in [6, 6.07) is -0.00855. The number of nitrogens with one attached hydrogen (secondary N) is 2. The molecular formula is C12H21ClN2O5. The van der Waals surface area contributed by atoms with Crippen LogP contribution in [0.1, 0.15) is 12.8 Å². The van der Waals surface area contributed by atoms with Gasteiger partial charge in [0.15, 0.2) is 5.54 Å². The van der Waals surface area contributed by atoms with Crippen molar-refractivity contribution >= 4 is 24.3 Å². The van der Waals surface area contributed by atoms with Crippen LogP contribution in [0.25, 0.3) is 0 Å². The summed E-state index contributed by atoms with van der Waals surface area (Å²) in [5.74, 6) is -0.648. The van der Waals surface area contributed by atoms with Crippen LogP contribution in [0.5, 0.6) is 0 Å². The number of methoxy groups -OCH3 is 1. The second kappa shape index (κ2) is 7.78. The number of esters is 1. The first-order chi connectivity index (χ1) is 9.16. The van der Waals surface area contributed by atoms with Crippen molar-refractivity contribution in [3.8, 4) is 0 Å². The molecule has 8 heteroatoms. The summed E-state index contributed by atoms with van der Waals surface area (Å²) in [6.07, 6.45) is 0.721. The van der Waals surface area contributed by atoms with Gasteiger partial charge in [0.1, 0.15) is 0 Å². The number of hydrogen-bond donors (Lipinski definition) is 2. The second-order valence-electron chi connectivity index (χ2n) is 4.85. The van der Waals surface area contributed by atoms with E-state index in [0.29, 0.717) is 26.2 Å². The molecule has 0 bridgehead atoms. The van der Waals surface area contributed by atoms with Crippen LogP contribution in [0, 0.1) is 0 Å². The summed E-state index contributed by atoms with van der Waals surface area (Å²) in [4.78, 5) is 23.8. The van der Waals surface area contributed by atoms with Gasteiger partial charge in [0.2, 0.25) is 5.91 Å². The highest BCUT2D eigenvalue weighted by atomic mass is 35.5. The summed E-state index contributed by atoms with van der Waals surface area (Å²) >= 11 is 0. The quantitative estimate of drug-likeness (QED) is 0.664. The molecule has 0 spiro atoms. The van der Waals surface area contributed by atoms with Crippen molar-refractivity contribution in [1.82, 2.24) is 10.6 Å². The van der Waals surface area contributed by atoms with Crippen LogP contribution in [0.2, 0.25) is 0 Å². The lowest BCUT2D eigenvalue weighted by Crippen LogP contribution is -2.57. The Labute approximate surface area is 124 Å². The van der Waals surface area contributed by atoms with Gasteiger partial charge < -0.3 is 24.8 Å². The van der Waals surface area contributed by atoms with E-state index < -0.39 is 11.5 Å². The van der Waals surface area contributed by atoms with Gasteiger partial charge in [-0.2, -0.15) is 0 Å². The molecule has 0 aromatic carbocycles. The molecule has 2 heterocycles. The number of halogens is 1. The third-order valence-electron chi connectivity index (χ3n) is 3.41. The Bertz CT molecular complexity index is 341. The molecule has 2 aliphatic heterocycles. The fourth-order valence-electron chi connectivity index (χ4n) is 2.36. The van der Waals surface area contributed by atoms with E-state index in [1.165, 1.54) is 7.11 Å². The summed E-state index contributed by atoms with van der Waals surface area (Å²) < 4.78 is 15.3. The summed E-state index contributed by atoms with van der Waals surface area (Å²) in [5.41, 5.74) is -1.03. The van der Waals surface area contributed by atoms with Crippen LogP contribution >= 0.6 is 12.4 Å². The molecule has 2 unspecified atom stereocenters. The van der Waals surface area contributed by atoms with E-state index in [-0.39, 0.29) is 37.4 Å². The normalized spacial score (nSPS) is 29.4. The smallest absolute Gasteiger partial charge is 0.334 e. The molecule has 116 valence electrons. The van der Waals surface area contributed by atoms with Gasteiger partial charge in [-0.05, 0) is 0 Å². The third-order valence-corrected chi connectivity index (χ3v) is 3.41. The van der Waals surface area contributed by atoms with Gasteiger partial charge >= 0.3 is 5.97 Å². The van der Waals surface area contributed by atoms with Crippen LogP contribution in [-0.2, 0) is 23.8 Å². The van der Waals surface area contributed by atoms with Crippen molar-refractivity contribution in [2.75, 3.05) is 40.1 Å². The van der Waals surface area contributed by atoms with Crippen LogP contribution in [0.15, 0.2) is 0 Å².